The van der Waals surface area contributed by atoms with Crippen LogP contribution < -0.4 is 4.74 Å². The smallest absolute Gasteiger partial charge is 0.165 e. The van der Waals surface area contributed by atoms with Gasteiger partial charge < -0.3 is 20.1 Å². The van der Waals surface area contributed by atoms with E-state index in [1.807, 2.05) is 13.0 Å². The molecule has 178 valence electrons. The number of benzene rings is 1. The molecule has 0 radical (unpaired) electrons. The van der Waals surface area contributed by atoms with Crippen molar-refractivity contribution in [1.82, 2.24) is 4.90 Å². The molecule has 1 saturated carbocycles. The first kappa shape index (κ1) is 21.7. The van der Waals surface area contributed by atoms with Gasteiger partial charge in [0.1, 0.15) is 6.10 Å². The second-order valence-corrected chi connectivity index (χ2v) is 12.3. The Hall–Kier alpha value is -1.82. The number of rotatable bonds is 5. The van der Waals surface area contributed by atoms with E-state index in [1.165, 1.54) is 16.7 Å². The van der Waals surface area contributed by atoms with Crippen LogP contribution >= 0.6 is 0 Å². The molecule has 33 heavy (non-hydrogen) atoms. The number of phenols is 1. The van der Waals surface area contributed by atoms with Crippen LogP contribution in [-0.4, -0.2) is 57.7 Å². The number of nitrogens with zero attached hydrogens (tertiary/aromatic N) is 1. The number of aromatic hydroxyl groups is 1. The van der Waals surface area contributed by atoms with Crippen molar-refractivity contribution in [3.05, 3.63) is 47.1 Å². The van der Waals surface area contributed by atoms with E-state index in [4.69, 9.17) is 4.74 Å². The molecule has 1 aromatic rings. The van der Waals surface area contributed by atoms with Crippen molar-refractivity contribution in [1.29, 1.82) is 0 Å². The van der Waals surface area contributed by atoms with Gasteiger partial charge in [-0.15, -0.1) is 6.58 Å². The second kappa shape index (κ2) is 6.44. The lowest BCUT2D eigenvalue weighted by molar-refractivity contribution is -0.206. The summed E-state index contributed by atoms with van der Waals surface area (Å²) in [7, 11) is 0. The van der Waals surface area contributed by atoms with Crippen LogP contribution in [0.25, 0.3) is 0 Å². The van der Waals surface area contributed by atoms with Gasteiger partial charge in [-0.3, -0.25) is 4.90 Å². The normalized spacial score (nSPS) is 37.7. The summed E-state index contributed by atoms with van der Waals surface area (Å²) in [6, 6.07) is 4.10. The van der Waals surface area contributed by atoms with Crippen molar-refractivity contribution in [2.45, 2.75) is 76.5 Å². The van der Waals surface area contributed by atoms with Crippen LogP contribution in [0.15, 0.2) is 35.9 Å². The van der Waals surface area contributed by atoms with Gasteiger partial charge in [-0.25, -0.2) is 0 Å². The van der Waals surface area contributed by atoms with Crippen LogP contribution in [-0.2, 0) is 11.8 Å². The minimum atomic E-state index is -1.00. The molecule has 2 aliphatic heterocycles. The highest BCUT2D eigenvalue weighted by molar-refractivity contribution is 5.69. The molecule has 1 aromatic carbocycles. The summed E-state index contributed by atoms with van der Waals surface area (Å²) in [4.78, 5) is 2.59. The maximum absolute atomic E-state index is 12.0. The Morgan fingerprint density at radius 1 is 1.27 bits per heavy atom. The Bertz CT molecular complexity index is 1080. The summed E-state index contributed by atoms with van der Waals surface area (Å²) >= 11 is 0. The van der Waals surface area contributed by atoms with Gasteiger partial charge in [0.05, 0.1) is 17.6 Å². The fourth-order valence-corrected chi connectivity index (χ4v) is 8.27. The molecular formula is C28H37NO4. The van der Waals surface area contributed by atoms with E-state index in [9.17, 15) is 15.3 Å². The first-order valence-electron chi connectivity index (χ1n) is 12.5. The zero-order valence-electron chi connectivity index (χ0n) is 20.3. The predicted octanol–water partition coefficient (Wildman–Crippen LogP) is 3.70. The molecule has 6 atom stereocenters. The molecule has 7 rings (SSSR count). The minimum Gasteiger partial charge on any atom is -0.504 e. The Morgan fingerprint density at radius 2 is 2.03 bits per heavy atom. The van der Waals surface area contributed by atoms with E-state index in [1.54, 1.807) is 6.07 Å². The molecule has 3 N–H and O–H groups in total. The van der Waals surface area contributed by atoms with Crippen molar-refractivity contribution in [3.63, 3.8) is 0 Å². The van der Waals surface area contributed by atoms with E-state index >= 15 is 0 Å². The Balaban J connectivity index is 1.63. The third kappa shape index (κ3) is 2.30. The minimum absolute atomic E-state index is 0.0258. The number of ether oxygens (including phenoxy) is 1. The molecule has 0 aromatic heterocycles. The monoisotopic (exact) mass is 451 g/mol. The van der Waals surface area contributed by atoms with Crippen LogP contribution in [0.1, 0.15) is 58.1 Å². The molecule has 6 aliphatic rings. The zero-order chi connectivity index (χ0) is 23.6. The molecule has 0 amide bonds. The highest BCUT2D eigenvalue weighted by Gasteiger charge is 2.77. The maximum atomic E-state index is 12.0. The van der Waals surface area contributed by atoms with Crippen molar-refractivity contribution < 1.29 is 20.1 Å². The third-order valence-corrected chi connectivity index (χ3v) is 10.1. The SMILES string of the molecule is C=CCCN1CCC23C4=C5C[C@](CO)(C2Oc2c(O)ccc(c23)CC41)[C@H]5C(C)(O)C(C)(C)C. The molecule has 5 nitrogen and oxygen atoms in total. The van der Waals surface area contributed by atoms with E-state index < -0.39 is 11.0 Å². The lowest BCUT2D eigenvalue weighted by atomic mass is 9.35. The van der Waals surface area contributed by atoms with Crippen LogP contribution in [0.2, 0.25) is 0 Å². The highest BCUT2D eigenvalue weighted by Crippen LogP contribution is 2.76. The van der Waals surface area contributed by atoms with Gasteiger partial charge in [-0.1, -0.05) is 38.5 Å². The van der Waals surface area contributed by atoms with Gasteiger partial charge in [0, 0.05) is 36.0 Å². The van der Waals surface area contributed by atoms with E-state index in [0.29, 0.717) is 5.75 Å². The largest absolute Gasteiger partial charge is 0.504 e. The molecule has 1 spiro atoms. The molecule has 4 bridgehead atoms. The summed E-state index contributed by atoms with van der Waals surface area (Å²) in [6.45, 7) is 14.0. The number of aliphatic hydroxyl groups is 2. The van der Waals surface area contributed by atoms with Gasteiger partial charge in [0.25, 0.3) is 0 Å². The van der Waals surface area contributed by atoms with Crippen LogP contribution in [0.5, 0.6) is 11.5 Å². The fourth-order valence-electron chi connectivity index (χ4n) is 8.27. The second-order valence-electron chi connectivity index (χ2n) is 12.3. The highest BCUT2D eigenvalue weighted by atomic mass is 16.5. The Kier molecular flexibility index (Phi) is 4.23. The molecule has 5 heteroatoms. The Morgan fingerprint density at radius 3 is 2.70 bits per heavy atom. The first-order valence-corrected chi connectivity index (χ1v) is 12.5. The van der Waals surface area contributed by atoms with Crippen LogP contribution in [0, 0.1) is 16.7 Å². The molecule has 2 fully saturated rings. The molecule has 2 heterocycles. The lowest BCUT2D eigenvalue weighted by Crippen LogP contribution is -2.75. The van der Waals surface area contributed by atoms with E-state index in [0.717, 1.165) is 44.3 Å². The summed E-state index contributed by atoms with van der Waals surface area (Å²) in [6.07, 6.45) is 5.24. The number of phenolic OH excluding ortho intramolecular Hbond substituents is 1. The van der Waals surface area contributed by atoms with Gasteiger partial charge in [0.2, 0.25) is 0 Å². The average Bonchev–Trinajstić information content (AvgIpc) is 3.08. The van der Waals surface area contributed by atoms with Crippen molar-refractivity contribution >= 4 is 0 Å². The quantitative estimate of drug-likeness (QED) is 0.596. The molecule has 1 saturated heterocycles. The number of aliphatic hydroxyl groups excluding tert-OH is 1. The summed E-state index contributed by atoms with van der Waals surface area (Å²) < 4.78 is 6.72. The van der Waals surface area contributed by atoms with E-state index in [-0.39, 0.29) is 41.3 Å². The van der Waals surface area contributed by atoms with E-state index in [2.05, 4.69) is 38.3 Å². The Labute approximate surface area is 196 Å². The van der Waals surface area contributed by atoms with Gasteiger partial charge in [-0.05, 0) is 55.2 Å². The van der Waals surface area contributed by atoms with Crippen molar-refractivity contribution in [2.75, 3.05) is 19.7 Å². The topological polar surface area (TPSA) is 73.2 Å². The van der Waals surface area contributed by atoms with Gasteiger partial charge >= 0.3 is 0 Å². The van der Waals surface area contributed by atoms with Crippen LogP contribution in [0.4, 0.5) is 0 Å². The summed E-state index contributed by atoms with van der Waals surface area (Å²) in [5.41, 5.74) is 2.95. The van der Waals surface area contributed by atoms with Gasteiger partial charge in [0.15, 0.2) is 11.5 Å². The first-order chi connectivity index (χ1) is 15.5. The zero-order valence-corrected chi connectivity index (χ0v) is 20.3. The average molecular weight is 452 g/mol. The number of likely N-dealkylation sites (tertiary alicyclic amines) is 1. The van der Waals surface area contributed by atoms with Crippen molar-refractivity contribution in [3.8, 4) is 11.5 Å². The summed E-state index contributed by atoms with van der Waals surface area (Å²) in [5.74, 6) is 0.643. The molecule has 4 unspecified atom stereocenters. The van der Waals surface area contributed by atoms with Crippen molar-refractivity contribution in [2.24, 2.45) is 16.7 Å². The fraction of sp³-hybridized carbons (Fsp3) is 0.643. The standard InChI is InChI=1S/C28H37NO4/c1-6-7-11-29-12-10-28-20-16-8-9-19(31)22(20)33-24(28)27(15-30)14-17(21(28)18(29)13-16)23(27)26(5,32)25(2,3)4/h6,8-9,18,23-24,30-32H,1,7,10-15H2,2-5H3/t18?,23-,24?,26?,27-,28?/m1/s1. The number of piperidine rings is 1. The lowest BCUT2D eigenvalue weighted by Gasteiger charge is -2.71. The molecular weight excluding hydrogens is 414 g/mol. The molecule has 4 aliphatic carbocycles. The number of hydrogen-bond donors (Lipinski definition) is 3. The summed E-state index contributed by atoms with van der Waals surface area (Å²) in [5, 5.41) is 33.7. The third-order valence-electron chi connectivity index (χ3n) is 10.1. The van der Waals surface area contributed by atoms with Gasteiger partial charge in [-0.2, -0.15) is 0 Å². The number of hydrogen-bond acceptors (Lipinski definition) is 5. The maximum Gasteiger partial charge on any atom is 0.165 e. The van der Waals surface area contributed by atoms with Crippen LogP contribution in [0.3, 0.4) is 0 Å². The predicted molar refractivity (Wildman–Crippen MR) is 127 cm³/mol.